The molecule has 1 fully saturated rings. The Morgan fingerprint density at radius 2 is 1.88 bits per heavy atom. The smallest absolute Gasteiger partial charge is 0.251 e. The molecule has 7 nitrogen and oxygen atoms in total. The SMILES string of the molecule is CCCC(C)(N)C(=O)Nc1ccc(C(=O)NCCN2CCOCC2)cc1. The van der Waals surface area contributed by atoms with E-state index in [1.54, 1.807) is 31.2 Å². The first-order valence-electron chi connectivity index (χ1n) is 9.21. The van der Waals surface area contributed by atoms with Gasteiger partial charge >= 0.3 is 0 Å². The second-order valence-corrected chi connectivity index (χ2v) is 6.91. The summed E-state index contributed by atoms with van der Waals surface area (Å²) in [6.07, 6.45) is 1.45. The Morgan fingerprint density at radius 1 is 1.23 bits per heavy atom. The van der Waals surface area contributed by atoms with Crippen LogP contribution in [0.15, 0.2) is 24.3 Å². The van der Waals surface area contributed by atoms with Crippen LogP contribution in [0.3, 0.4) is 0 Å². The van der Waals surface area contributed by atoms with E-state index in [0.717, 1.165) is 39.3 Å². The standard InChI is InChI=1S/C19H30N4O3/c1-3-8-19(2,20)18(25)22-16-6-4-15(5-7-16)17(24)21-9-10-23-11-13-26-14-12-23/h4-7H,3,8-14,20H2,1-2H3,(H,21,24)(H,22,25). The van der Waals surface area contributed by atoms with Gasteiger partial charge in [-0.3, -0.25) is 14.5 Å². The molecule has 1 aromatic carbocycles. The lowest BCUT2D eigenvalue weighted by Crippen LogP contribution is -2.48. The number of rotatable bonds is 8. The predicted octanol–water partition coefficient (Wildman–Crippen LogP) is 1.20. The van der Waals surface area contributed by atoms with E-state index in [1.165, 1.54) is 0 Å². The molecule has 2 amide bonds. The molecule has 26 heavy (non-hydrogen) atoms. The lowest BCUT2D eigenvalue weighted by atomic mass is 9.96. The molecule has 144 valence electrons. The van der Waals surface area contributed by atoms with Gasteiger partial charge in [-0.1, -0.05) is 13.3 Å². The van der Waals surface area contributed by atoms with Gasteiger partial charge in [-0.15, -0.1) is 0 Å². The number of nitrogens with one attached hydrogen (secondary N) is 2. The van der Waals surface area contributed by atoms with E-state index in [-0.39, 0.29) is 11.8 Å². The van der Waals surface area contributed by atoms with Gasteiger partial charge in [0.25, 0.3) is 5.91 Å². The Balaban J connectivity index is 1.80. The fourth-order valence-electron chi connectivity index (χ4n) is 2.87. The van der Waals surface area contributed by atoms with Crippen molar-refractivity contribution in [3.63, 3.8) is 0 Å². The van der Waals surface area contributed by atoms with Crippen molar-refractivity contribution in [1.29, 1.82) is 0 Å². The lowest BCUT2D eigenvalue weighted by Gasteiger charge is -2.26. The van der Waals surface area contributed by atoms with Crippen molar-refractivity contribution in [2.45, 2.75) is 32.2 Å². The second kappa shape index (κ2) is 9.66. The Bertz CT molecular complexity index is 595. The molecule has 1 unspecified atom stereocenters. The zero-order chi connectivity index (χ0) is 19.0. The first-order valence-corrected chi connectivity index (χ1v) is 9.21. The molecular weight excluding hydrogens is 332 g/mol. The summed E-state index contributed by atoms with van der Waals surface area (Å²) in [7, 11) is 0. The maximum atomic E-state index is 12.2. The molecule has 1 aromatic rings. The topological polar surface area (TPSA) is 96.7 Å². The molecule has 7 heteroatoms. The van der Waals surface area contributed by atoms with Crippen molar-refractivity contribution in [2.24, 2.45) is 5.73 Å². The van der Waals surface area contributed by atoms with Crippen molar-refractivity contribution in [2.75, 3.05) is 44.7 Å². The number of ether oxygens (including phenoxy) is 1. The Morgan fingerprint density at radius 3 is 2.50 bits per heavy atom. The Labute approximate surface area is 155 Å². The van der Waals surface area contributed by atoms with Gasteiger partial charge in [0.05, 0.1) is 18.8 Å². The largest absolute Gasteiger partial charge is 0.379 e. The quantitative estimate of drug-likeness (QED) is 0.646. The fraction of sp³-hybridized carbons (Fsp3) is 0.579. The molecule has 0 saturated carbocycles. The molecule has 0 bridgehead atoms. The summed E-state index contributed by atoms with van der Waals surface area (Å²) < 4.78 is 5.30. The number of anilines is 1. The van der Waals surface area contributed by atoms with Crippen LogP contribution >= 0.6 is 0 Å². The zero-order valence-corrected chi connectivity index (χ0v) is 15.7. The van der Waals surface area contributed by atoms with Crippen LogP contribution < -0.4 is 16.4 Å². The molecule has 0 radical (unpaired) electrons. The maximum absolute atomic E-state index is 12.2. The second-order valence-electron chi connectivity index (χ2n) is 6.91. The highest BCUT2D eigenvalue weighted by molar-refractivity contribution is 5.98. The van der Waals surface area contributed by atoms with E-state index in [2.05, 4.69) is 15.5 Å². The zero-order valence-electron chi connectivity index (χ0n) is 15.7. The van der Waals surface area contributed by atoms with Crippen LogP contribution in [0.5, 0.6) is 0 Å². The van der Waals surface area contributed by atoms with E-state index < -0.39 is 5.54 Å². The van der Waals surface area contributed by atoms with E-state index in [9.17, 15) is 9.59 Å². The van der Waals surface area contributed by atoms with Crippen molar-refractivity contribution in [3.05, 3.63) is 29.8 Å². The van der Waals surface area contributed by atoms with Crippen molar-refractivity contribution >= 4 is 17.5 Å². The minimum absolute atomic E-state index is 0.120. The van der Waals surface area contributed by atoms with Gasteiger partial charge in [-0.2, -0.15) is 0 Å². The highest BCUT2D eigenvalue weighted by Gasteiger charge is 2.27. The molecule has 1 aliphatic rings. The van der Waals surface area contributed by atoms with E-state index in [0.29, 0.717) is 24.2 Å². The van der Waals surface area contributed by atoms with E-state index >= 15 is 0 Å². The normalized spacial score (nSPS) is 17.3. The number of nitrogens with two attached hydrogens (primary N) is 1. The van der Waals surface area contributed by atoms with Crippen LogP contribution in [0, 0.1) is 0 Å². The highest BCUT2D eigenvalue weighted by Crippen LogP contribution is 2.15. The van der Waals surface area contributed by atoms with Gasteiger partial charge in [-0.25, -0.2) is 0 Å². The number of morpholine rings is 1. The summed E-state index contributed by atoms with van der Waals surface area (Å²) in [5.41, 5.74) is 6.32. The van der Waals surface area contributed by atoms with Gasteiger partial charge < -0.3 is 21.1 Å². The summed E-state index contributed by atoms with van der Waals surface area (Å²) in [5, 5.41) is 5.72. The van der Waals surface area contributed by atoms with Gasteiger partial charge in [0.1, 0.15) is 0 Å². The number of hydrogen-bond acceptors (Lipinski definition) is 5. The van der Waals surface area contributed by atoms with Crippen LogP contribution in [0.4, 0.5) is 5.69 Å². The Hall–Kier alpha value is -1.96. The maximum Gasteiger partial charge on any atom is 0.251 e. The van der Waals surface area contributed by atoms with Crippen LogP contribution in [0.1, 0.15) is 37.0 Å². The minimum atomic E-state index is -0.899. The highest BCUT2D eigenvalue weighted by atomic mass is 16.5. The minimum Gasteiger partial charge on any atom is -0.379 e. The van der Waals surface area contributed by atoms with Crippen LogP contribution in [-0.2, 0) is 9.53 Å². The monoisotopic (exact) mass is 362 g/mol. The summed E-state index contributed by atoms with van der Waals surface area (Å²) in [6.45, 7) is 8.44. The van der Waals surface area contributed by atoms with Crippen molar-refractivity contribution < 1.29 is 14.3 Å². The molecule has 4 N–H and O–H groups in total. The number of benzene rings is 1. The number of carbonyl (C=O) groups is 2. The predicted molar refractivity (Wildman–Crippen MR) is 102 cm³/mol. The summed E-state index contributed by atoms with van der Waals surface area (Å²) in [6, 6.07) is 6.84. The van der Waals surface area contributed by atoms with E-state index in [4.69, 9.17) is 10.5 Å². The van der Waals surface area contributed by atoms with Crippen LogP contribution in [-0.4, -0.2) is 61.6 Å². The summed E-state index contributed by atoms with van der Waals surface area (Å²) >= 11 is 0. The summed E-state index contributed by atoms with van der Waals surface area (Å²) in [5.74, 6) is -0.340. The molecular formula is C19H30N4O3. The molecule has 1 saturated heterocycles. The average Bonchev–Trinajstić information content (AvgIpc) is 2.63. The third-order valence-electron chi connectivity index (χ3n) is 4.51. The molecule has 2 rings (SSSR count). The van der Waals surface area contributed by atoms with Gasteiger partial charge in [0.15, 0.2) is 0 Å². The van der Waals surface area contributed by atoms with E-state index in [1.807, 2.05) is 6.92 Å². The van der Waals surface area contributed by atoms with Crippen LogP contribution in [0.2, 0.25) is 0 Å². The average molecular weight is 362 g/mol. The van der Waals surface area contributed by atoms with Crippen LogP contribution in [0.25, 0.3) is 0 Å². The Kier molecular flexibility index (Phi) is 7.56. The third kappa shape index (κ3) is 6.09. The van der Waals surface area contributed by atoms with Crippen molar-refractivity contribution in [3.8, 4) is 0 Å². The number of carbonyl (C=O) groups excluding carboxylic acids is 2. The molecule has 0 aromatic heterocycles. The van der Waals surface area contributed by atoms with Gasteiger partial charge in [0.2, 0.25) is 5.91 Å². The molecule has 0 aliphatic carbocycles. The first kappa shape index (κ1) is 20.4. The number of hydrogen-bond donors (Lipinski definition) is 3. The van der Waals surface area contributed by atoms with Gasteiger partial charge in [0, 0.05) is 37.4 Å². The lowest BCUT2D eigenvalue weighted by molar-refractivity contribution is -0.120. The van der Waals surface area contributed by atoms with Gasteiger partial charge in [-0.05, 0) is 37.6 Å². The number of nitrogens with zero attached hydrogens (tertiary/aromatic N) is 1. The first-order chi connectivity index (χ1) is 12.4. The molecule has 1 atom stereocenters. The fourth-order valence-corrected chi connectivity index (χ4v) is 2.87. The third-order valence-corrected chi connectivity index (χ3v) is 4.51. The number of amides is 2. The molecule has 1 heterocycles. The molecule has 0 spiro atoms. The summed E-state index contributed by atoms with van der Waals surface area (Å²) in [4.78, 5) is 26.7. The van der Waals surface area contributed by atoms with Crippen molar-refractivity contribution in [1.82, 2.24) is 10.2 Å². The molecule has 1 aliphatic heterocycles.